The van der Waals surface area contributed by atoms with Crippen LogP contribution in [0.15, 0.2) is 74.5 Å². The first kappa shape index (κ1) is 24.6. The van der Waals surface area contributed by atoms with Gasteiger partial charge in [-0.1, -0.05) is 49.7 Å². The Labute approximate surface area is 222 Å². The molecule has 1 aliphatic carbocycles. The highest BCUT2D eigenvalue weighted by molar-refractivity contribution is 9.10. The van der Waals surface area contributed by atoms with E-state index in [1.165, 1.54) is 30.3 Å². The number of thioether (sulfide) groups is 1. The molecule has 1 saturated carbocycles. The number of hydrogen-bond acceptors (Lipinski definition) is 6. The number of hydrogen-bond donors (Lipinski definition) is 1. The predicted octanol–water partition coefficient (Wildman–Crippen LogP) is 7.51. The van der Waals surface area contributed by atoms with Gasteiger partial charge in [0.15, 0.2) is 5.50 Å². The van der Waals surface area contributed by atoms with Gasteiger partial charge in [-0.15, -0.1) is 0 Å². The van der Waals surface area contributed by atoms with Crippen molar-refractivity contribution in [2.75, 3.05) is 5.32 Å². The normalized spacial score (nSPS) is 23.3. The second-order valence-corrected chi connectivity index (χ2v) is 11.1. The largest absolute Gasteiger partial charge is 0.457 e. The zero-order valence-electron chi connectivity index (χ0n) is 19.7. The van der Waals surface area contributed by atoms with E-state index >= 15 is 0 Å². The van der Waals surface area contributed by atoms with Crippen molar-refractivity contribution < 1.29 is 14.1 Å². The van der Waals surface area contributed by atoms with Crippen LogP contribution < -0.4 is 5.32 Å². The van der Waals surface area contributed by atoms with Gasteiger partial charge in [-0.2, -0.15) is 0 Å². The number of carbonyl (C=O) groups is 1. The molecule has 1 N–H and O–H groups in total. The molecule has 2 aromatic carbocycles. The molecular formula is C27H26BrN3O4S. The third-order valence-corrected chi connectivity index (χ3v) is 8.52. The van der Waals surface area contributed by atoms with Crippen LogP contribution in [0.1, 0.15) is 38.4 Å². The van der Waals surface area contributed by atoms with Crippen molar-refractivity contribution in [2.24, 2.45) is 5.92 Å². The summed E-state index contributed by atoms with van der Waals surface area (Å²) in [6.07, 6.45) is 6.27. The lowest BCUT2D eigenvalue weighted by molar-refractivity contribution is -0.384. The first-order valence-corrected chi connectivity index (χ1v) is 13.6. The Balaban J connectivity index is 1.42. The number of halogens is 1. The van der Waals surface area contributed by atoms with Crippen LogP contribution in [0.25, 0.3) is 17.4 Å². The summed E-state index contributed by atoms with van der Waals surface area (Å²) < 4.78 is 6.61. The first-order valence-electron chi connectivity index (χ1n) is 12.0. The molecule has 2 heterocycles. The van der Waals surface area contributed by atoms with E-state index in [0.717, 1.165) is 24.9 Å². The van der Waals surface area contributed by atoms with E-state index in [2.05, 4.69) is 28.2 Å². The number of amides is 1. The van der Waals surface area contributed by atoms with Gasteiger partial charge in [-0.3, -0.25) is 14.9 Å². The van der Waals surface area contributed by atoms with Gasteiger partial charge in [0.2, 0.25) is 0 Å². The summed E-state index contributed by atoms with van der Waals surface area (Å²) in [7, 11) is 0. The summed E-state index contributed by atoms with van der Waals surface area (Å²) in [6.45, 7) is 2.24. The molecule has 2 aliphatic rings. The highest BCUT2D eigenvalue weighted by atomic mass is 79.9. The van der Waals surface area contributed by atoms with Crippen LogP contribution in [-0.4, -0.2) is 27.3 Å². The summed E-state index contributed by atoms with van der Waals surface area (Å²) in [4.78, 5) is 26.9. The van der Waals surface area contributed by atoms with Crippen molar-refractivity contribution in [1.82, 2.24) is 4.90 Å². The second-order valence-electron chi connectivity index (χ2n) is 9.15. The monoisotopic (exact) mass is 567 g/mol. The van der Waals surface area contributed by atoms with E-state index in [1.54, 1.807) is 12.1 Å². The molecule has 0 spiro atoms. The zero-order valence-corrected chi connectivity index (χ0v) is 22.1. The van der Waals surface area contributed by atoms with E-state index in [-0.39, 0.29) is 23.1 Å². The number of anilines is 1. The van der Waals surface area contributed by atoms with E-state index < -0.39 is 4.92 Å². The molecule has 1 amide bonds. The minimum Gasteiger partial charge on any atom is -0.457 e. The van der Waals surface area contributed by atoms with E-state index in [9.17, 15) is 14.9 Å². The van der Waals surface area contributed by atoms with Gasteiger partial charge in [-0.05, 0) is 65.0 Å². The van der Waals surface area contributed by atoms with Gasteiger partial charge in [0, 0.05) is 40.0 Å². The highest BCUT2D eigenvalue weighted by Gasteiger charge is 2.43. The quantitative estimate of drug-likeness (QED) is 0.188. The molecule has 0 bridgehead atoms. The zero-order chi connectivity index (χ0) is 25.2. The molecule has 36 heavy (non-hydrogen) atoms. The number of nitro groups is 1. The van der Waals surface area contributed by atoms with Gasteiger partial charge in [0.05, 0.1) is 9.83 Å². The Bertz CT molecular complexity index is 1310. The SMILES string of the molecule is C[C@H]1CCCC[C@@H]1N1C(=O)/C(=C/c2ccc(-c3ccc([N+](=O)[O-])cc3Br)o2)SC1Nc1ccccc1. The van der Waals surface area contributed by atoms with Crippen molar-refractivity contribution in [3.63, 3.8) is 0 Å². The van der Waals surface area contributed by atoms with Crippen LogP contribution in [0.2, 0.25) is 0 Å². The van der Waals surface area contributed by atoms with Crippen LogP contribution in [0.5, 0.6) is 0 Å². The number of nitrogens with one attached hydrogen (secondary N) is 1. The lowest BCUT2D eigenvalue weighted by Crippen LogP contribution is -2.48. The summed E-state index contributed by atoms with van der Waals surface area (Å²) in [5, 5.41) is 14.6. The van der Waals surface area contributed by atoms with Crippen molar-refractivity contribution >= 4 is 51.0 Å². The van der Waals surface area contributed by atoms with Gasteiger partial charge < -0.3 is 14.6 Å². The fourth-order valence-electron chi connectivity index (χ4n) is 4.89. The second kappa shape index (κ2) is 10.5. The lowest BCUT2D eigenvalue weighted by atomic mass is 9.85. The third kappa shape index (κ3) is 5.08. The van der Waals surface area contributed by atoms with Gasteiger partial charge in [0.1, 0.15) is 11.5 Å². The molecule has 186 valence electrons. The molecule has 2 fully saturated rings. The number of rotatable bonds is 6. The molecule has 1 aliphatic heterocycles. The molecule has 1 unspecified atom stereocenters. The Morgan fingerprint density at radius 3 is 2.64 bits per heavy atom. The number of para-hydroxylation sites is 1. The fourth-order valence-corrected chi connectivity index (χ4v) is 6.64. The van der Waals surface area contributed by atoms with Crippen molar-refractivity contribution in [2.45, 2.75) is 44.1 Å². The smallest absolute Gasteiger partial charge is 0.270 e. The molecule has 7 nitrogen and oxygen atoms in total. The number of carbonyl (C=O) groups excluding carboxylic acids is 1. The van der Waals surface area contributed by atoms with E-state index in [1.807, 2.05) is 47.4 Å². The number of nitrogens with zero attached hydrogens (tertiary/aromatic N) is 2. The molecule has 5 rings (SSSR count). The maximum Gasteiger partial charge on any atom is 0.270 e. The molecule has 9 heteroatoms. The molecular weight excluding hydrogens is 542 g/mol. The van der Waals surface area contributed by atoms with Crippen molar-refractivity contribution in [1.29, 1.82) is 0 Å². The fraction of sp³-hybridized carbons (Fsp3) is 0.296. The maximum atomic E-state index is 13.7. The summed E-state index contributed by atoms with van der Waals surface area (Å²) in [5.74, 6) is 1.58. The predicted molar refractivity (Wildman–Crippen MR) is 146 cm³/mol. The Morgan fingerprint density at radius 2 is 1.92 bits per heavy atom. The van der Waals surface area contributed by atoms with Crippen LogP contribution in [-0.2, 0) is 4.79 Å². The standard InChI is InChI=1S/C27H26BrN3O4S/c1-17-7-5-6-10-23(17)30-26(32)25(36-27(30)29-18-8-3-2-4-9-18)16-20-12-14-24(35-20)21-13-11-19(31(33)34)15-22(21)28/h2-4,8-9,11-17,23,27,29H,5-7,10H2,1H3/b25-16-/t17-,23-,27?/m0/s1. The molecule has 0 radical (unpaired) electrons. The van der Waals surface area contributed by atoms with Crippen molar-refractivity contribution in [3.05, 3.63) is 85.9 Å². The average Bonchev–Trinajstić information content (AvgIpc) is 3.44. The first-order chi connectivity index (χ1) is 17.4. The lowest BCUT2D eigenvalue weighted by Gasteiger charge is -2.39. The number of non-ortho nitro benzene ring substituents is 1. The molecule has 3 atom stereocenters. The topological polar surface area (TPSA) is 88.6 Å². The minimum atomic E-state index is -0.436. The van der Waals surface area contributed by atoms with Crippen LogP contribution in [0, 0.1) is 16.0 Å². The highest BCUT2D eigenvalue weighted by Crippen LogP contribution is 2.42. The summed E-state index contributed by atoms with van der Waals surface area (Å²) in [6, 6.07) is 18.3. The molecule has 3 aromatic rings. The Hall–Kier alpha value is -3.04. The van der Waals surface area contributed by atoms with Crippen LogP contribution in [0.3, 0.4) is 0 Å². The minimum absolute atomic E-state index is 0.00136. The number of benzene rings is 2. The van der Waals surface area contributed by atoms with E-state index in [4.69, 9.17) is 4.42 Å². The Kier molecular flexibility index (Phi) is 7.20. The van der Waals surface area contributed by atoms with Crippen LogP contribution in [0.4, 0.5) is 11.4 Å². The summed E-state index contributed by atoms with van der Waals surface area (Å²) in [5.41, 5.74) is 1.48. The van der Waals surface area contributed by atoms with Gasteiger partial charge in [-0.25, -0.2) is 0 Å². The third-order valence-electron chi connectivity index (χ3n) is 6.75. The maximum absolute atomic E-state index is 13.7. The molecule has 1 saturated heterocycles. The van der Waals surface area contributed by atoms with Gasteiger partial charge in [0.25, 0.3) is 11.6 Å². The van der Waals surface area contributed by atoms with Gasteiger partial charge >= 0.3 is 0 Å². The summed E-state index contributed by atoms with van der Waals surface area (Å²) >= 11 is 4.91. The molecule has 1 aromatic heterocycles. The average molecular weight is 568 g/mol. The Morgan fingerprint density at radius 1 is 1.14 bits per heavy atom. The number of furan rings is 1. The van der Waals surface area contributed by atoms with Crippen LogP contribution >= 0.6 is 27.7 Å². The number of nitro benzene ring substituents is 1. The van der Waals surface area contributed by atoms with Crippen molar-refractivity contribution in [3.8, 4) is 11.3 Å². The van der Waals surface area contributed by atoms with E-state index in [0.29, 0.717) is 32.4 Å².